The minimum Gasteiger partial charge on any atom is -0.236 e. The average molecular weight is 331 g/mol. The lowest BCUT2D eigenvalue weighted by molar-refractivity contribution is -0.696. The average Bonchev–Trinajstić information content (AvgIpc) is 3.14. The summed E-state index contributed by atoms with van der Waals surface area (Å²) in [5.74, 6) is 0. The summed E-state index contributed by atoms with van der Waals surface area (Å²) in [5, 5.41) is 0. The van der Waals surface area contributed by atoms with E-state index in [4.69, 9.17) is 0 Å². The van der Waals surface area contributed by atoms with Gasteiger partial charge in [0.25, 0.3) is 0 Å². The second kappa shape index (κ2) is 9.03. The third kappa shape index (κ3) is 5.18. The Kier molecular flexibility index (Phi) is 6.22. The SMILES string of the molecule is CCCCCC[n+]1ccn(-c2ccc(/C=C/c3ccccc3)cc2)c1. The van der Waals surface area contributed by atoms with Crippen molar-refractivity contribution in [2.45, 2.75) is 39.2 Å². The second-order valence-electron chi connectivity index (χ2n) is 6.45. The highest BCUT2D eigenvalue weighted by Crippen LogP contribution is 2.12. The molecule has 0 unspecified atom stereocenters. The fraction of sp³-hybridized carbons (Fsp3) is 0.261. The van der Waals surface area contributed by atoms with Crippen LogP contribution in [-0.4, -0.2) is 4.57 Å². The summed E-state index contributed by atoms with van der Waals surface area (Å²) in [5.41, 5.74) is 3.64. The molecule has 0 aliphatic heterocycles. The van der Waals surface area contributed by atoms with Gasteiger partial charge in [-0.1, -0.05) is 74.4 Å². The van der Waals surface area contributed by atoms with Crippen molar-refractivity contribution in [3.8, 4) is 5.69 Å². The van der Waals surface area contributed by atoms with E-state index in [9.17, 15) is 0 Å². The minimum atomic E-state index is 1.10. The lowest BCUT2D eigenvalue weighted by Gasteiger charge is -1.98. The van der Waals surface area contributed by atoms with Crippen molar-refractivity contribution < 1.29 is 4.57 Å². The third-order valence-electron chi connectivity index (χ3n) is 4.42. The molecule has 0 aliphatic carbocycles. The van der Waals surface area contributed by atoms with Gasteiger partial charge in [0, 0.05) is 0 Å². The number of hydrogen-bond donors (Lipinski definition) is 0. The number of nitrogens with zero attached hydrogens (tertiary/aromatic N) is 2. The fourth-order valence-electron chi connectivity index (χ4n) is 2.91. The van der Waals surface area contributed by atoms with Crippen LogP contribution in [0.25, 0.3) is 17.8 Å². The quantitative estimate of drug-likeness (QED) is 0.292. The Morgan fingerprint density at radius 2 is 1.56 bits per heavy atom. The molecule has 0 fully saturated rings. The van der Waals surface area contributed by atoms with Gasteiger partial charge in [-0.25, -0.2) is 9.13 Å². The molecule has 0 N–H and O–H groups in total. The van der Waals surface area contributed by atoms with Crippen LogP contribution in [0.4, 0.5) is 0 Å². The number of benzene rings is 2. The van der Waals surface area contributed by atoms with E-state index in [2.05, 4.69) is 95.5 Å². The first-order valence-electron chi connectivity index (χ1n) is 9.26. The van der Waals surface area contributed by atoms with Gasteiger partial charge in [0.2, 0.25) is 6.33 Å². The van der Waals surface area contributed by atoms with Crippen molar-refractivity contribution in [2.75, 3.05) is 0 Å². The van der Waals surface area contributed by atoms with E-state index in [1.54, 1.807) is 0 Å². The Balaban J connectivity index is 1.60. The summed E-state index contributed by atoms with van der Waals surface area (Å²) < 4.78 is 4.46. The van der Waals surface area contributed by atoms with Gasteiger partial charge in [-0.3, -0.25) is 0 Å². The molecule has 0 bridgehead atoms. The molecule has 0 spiro atoms. The fourth-order valence-corrected chi connectivity index (χ4v) is 2.91. The molecule has 128 valence electrons. The third-order valence-corrected chi connectivity index (χ3v) is 4.42. The van der Waals surface area contributed by atoms with Crippen molar-refractivity contribution in [1.82, 2.24) is 4.57 Å². The minimum absolute atomic E-state index is 1.10. The predicted molar refractivity (Wildman–Crippen MR) is 105 cm³/mol. The van der Waals surface area contributed by atoms with Crippen LogP contribution in [0.1, 0.15) is 43.7 Å². The van der Waals surface area contributed by atoms with E-state index in [1.807, 2.05) is 6.07 Å². The number of unbranched alkanes of at least 4 members (excludes halogenated alkanes) is 3. The number of rotatable bonds is 8. The van der Waals surface area contributed by atoms with Crippen LogP contribution in [0.15, 0.2) is 73.3 Å². The molecule has 3 rings (SSSR count). The van der Waals surface area contributed by atoms with Gasteiger partial charge in [-0.2, -0.15) is 0 Å². The first-order valence-corrected chi connectivity index (χ1v) is 9.26. The van der Waals surface area contributed by atoms with Crippen molar-refractivity contribution in [1.29, 1.82) is 0 Å². The predicted octanol–water partition coefficient (Wildman–Crippen LogP) is 5.52. The number of hydrogen-bond acceptors (Lipinski definition) is 0. The molecule has 0 aliphatic rings. The topological polar surface area (TPSA) is 8.81 Å². The van der Waals surface area contributed by atoms with Crippen LogP contribution >= 0.6 is 0 Å². The van der Waals surface area contributed by atoms with Gasteiger partial charge >= 0.3 is 0 Å². The maximum Gasteiger partial charge on any atom is 0.248 e. The maximum atomic E-state index is 2.28. The van der Waals surface area contributed by atoms with Gasteiger partial charge in [-0.05, 0) is 36.1 Å². The van der Waals surface area contributed by atoms with Crippen molar-refractivity contribution in [3.05, 3.63) is 84.4 Å². The first-order chi connectivity index (χ1) is 12.3. The van der Waals surface area contributed by atoms with E-state index in [0.29, 0.717) is 0 Å². The molecule has 0 atom stereocenters. The zero-order chi connectivity index (χ0) is 17.3. The zero-order valence-electron chi connectivity index (χ0n) is 15.0. The molecule has 0 amide bonds. The molecular weight excluding hydrogens is 304 g/mol. The Labute approximate surface area is 151 Å². The van der Waals surface area contributed by atoms with Gasteiger partial charge in [0.1, 0.15) is 18.1 Å². The lowest BCUT2D eigenvalue weighted by Crippen LogP contribution is -2.30. The zero-order valence-corrected chi connectivity index (χ0v) is 15.0. The standard InChI is InChI=1S/C23H27N2/c1-2-3-4-8-17-24-18-19-25(20-24)23-15-13-22(14-16-23)12-11-21-9-6-5-7-10-21/h5-7,9-16,18-20H,2-4,8,17H2,1H3/q+1/b12-11+. The summed E-state index contributed by atoms with van der Waals surface area (Å²) in [4.78, 5) is 0. The lowest BCUT2D eigenvalue weighted by atomic mass is 10.1. The van der Waals surface area contributed by atoms with Crippen molar-refractivity contribution in [2.24, 2.45) is 0 Å². The molecular formula is C23H27N2+. The van der Waals surface area contributed by atoms with Gasteiger partial charge < -0.3 is 0 Å². The Bertz CT molecular complexity index is 782. The van der Waals surface area contributed by atoms with E-state index < -0.39 is 0 Å². The van der Waals surface area contributed by atoms with Crippen LogP contribution in [0.3, 0.4) is 0 Å². The Hall–Kier alpha value is -2.61. The van der Waals surface area contributed by atoms with Crippen LogP contribution in [-0.2, 0) is 6.54 Å². The number of aromatic nitrogens is 2. The molecule has 0 radical (unpaired) electrons. The smallest absolute Gasteiger partial charge is 0.236 e. The number of imidazole rings is 1. The molecule has 1 heterocycles. The summed E-state index contributed by atoms with van der Waals surface area (Å²) >= 11 is 0. The second-order valence-corrected chi connectivity index (χ2v) is 6.45. The molecule has 25 heavy (non-hydrogen) atoms. The van der Waals surface area contributed by atoms with Gasteiger partial charge in [-0.15, -0.1) is 0 Å². The normalized spacial score (nSPS) is 11.2. The van der Waals surface area contributed by atoms with Crippen molar-refractivity contribution >= 4 is 12.2 Å². The Morgan fingerprint density at radius 3 is 2.28 bits per heavy atom. The largest absolute Gasteiger partial charge is 0.248 e. The van der Waals surface area contributed by atoms with E-state index in [-0.39, 0.29) is 0 Å². The molecule has 0 saturated heterocycles. The molecule has 1 aromatic heterocycles. The monoisotopic (exact) mass is 331 g/mol. The first kappa shape index (κ1) is 17.2. The maximum absolute atomic E-state index is 2.28. The molecule has 2 aromatic carbocycles. The molecule has 3 aromatic rings. The highest BCUT2D eigenvalue weighted by Gasteiger charge is 2.06. The molecule has 2 nitrogen and oxygen atoms in total. The summed E-state index contributed by atoms with van der Waals surface area (Å²) in [6, 6.07) is 19.1. The van der Waals surface area contributed by atoms with E-state index in [0.717, 1.165) is 6.54 Å². The highest BCUT2D eigenvalue weighted by atomic mass is 15.1. The van der Waals surface area contributed by atoms with Crippen LogP contribution in [0.5, 0.6) is 0 Å². The molecule has 2 heteroatoms. The van der Waals surface area contributed by atoms with Gasteiger partial charge in [0.05, 0.1) is 6.54 Å². The number of aryl methyl sites for hydroxylation is 1. The summed E-state index contributed by atoms with van der Waals surface area (Å²) in [6.07, 6.45) is 16.0. The van der Waals surface area contributed by atoms with E-state index in [1.165, 1.54) is 42.5 Å². The summed E-state index contributed by atoms with van der Waals surface area (Å²) in [6.45, 7) is 3.35. The van der Waals surface area contributed by atoms with Crippen LogP contribution in [0.2, 0.25) is 0 Å². The van der Waals surface area contributed by atoms with Crippen LogP contribution in [0, 0.1) is 0 Å². The van der Waals surface area contributed by atoms with Crippen LogP contribution < -0.4 is 4.57 Å². The summed E-state index contributed by atoms with van der Waals surface area (Å²) in [7, 11) is 0. The van der Waals surface area contributed by atoms with Crippen molar-refractivity contribution in [3.63, 3.8) is 0 Å². The Morgan fingerprint density at radius 1 is 0.840 bits per heavy atom. The van der Waals surface area contributed by atoms with Gasteiger partial charge in [0.15, 0.2) is 0 Å². The highest BCUT2D eigenvalue weighted by molar-refractivity contribution is 5.69. The van der Waals surface area contributed by atoms with E-state index >= 15 is 0 Å². The molecule has 0 saturated carbocycles.